The van der Waals surface area contributed by atoms with Gasteiger partial charge in [-0.25, -0.2) is 13.2 Å². The Morgan fingerprint density at radius 1 is 1.10 bits per heavy atom. The highest BCUT2D eigenvalue weighted by Crippen LogP contribution is 2.18. The van der Waals surface area contributed by atoms with Crippen LogP contribution in [0.25, 0.3) is 0 Å². The molecule has 0 N–H and O–H groups in total. The Hall–Kier alpha value is -2.30. The van der Waals surface area contributed by atoms with E-state index in [0.29, 0.717) is 11.1 Å². The monoisotopic (exact) mass is 278 g/mol. The SMILES string of the molecule is Fc1cccc(/[C]=N\OCc2ccc(C(F)F)cc2)c1. The average Bonchev–Trinajstić information content (AvgIpc) is 2.44. The second kappa shape index (κ2) is 6.75. The van der Waals surface area contributed by atoms with Crippen LogP contribution in [-0.2, 0) is 11.4 Å². The zero-order valence-electron chi connectivity index (χ0n) is 10.4. The lowest BCUT2D eigenvalue weighted by Crippen LogP contribution is -1.90. The van der Waals surface area contributed by atoms with Crippen molar-refractivity contribution in [1.82, 2.24) is 0 Å². The zero-order chi connectivity index (χ0) is 14.4. The summed E-state index contributed by atoms with van der Waals surface area (Å²) in [5.74, 6) is -0.382. The second-order valence-electron chi connectivity index (χ2n) is 4.03. The summed E-state index contributed by atoms with van der Waals surface area (Å²) in [6, 6.07) is 11.5. The van der Waals surface area contributed by atoms with E-state index >= 15 is 0 Å². The highest BCUT2D eigenvalue weighted by Gasteiger charge is 2.05. The average molecular weight is 278 g/mol. The Kier molecular flexibility index (Phi) is 4.76. The predicted octanol–water partition coefficient (Wildman–Crippen LogP) is 4.19. The molecule has 0 aliphatic carbocycles. The first-order valence-electron chi connectivity index (χ1n) is 5.86. The van der Waals surface area contributed by atoms with Crippen LogP contribution in [0.4, 0.5) is 13.2 Å². The molecule has 0 aliphatic heterocycles. The molecule has 20 heavy (non-hydrogen) atoms. The largest absolute Gasteiger partial charge is 0.390 e. The topological polar surface area (TPSA) is 21.6 Å². The molecule has 2 aromatic carbocycles. The van der Waals surface area contributed by atoms with Gasteiger partial charge in [0.05, 0.1) is 0 Å². The van der Waals surface area contributed by atoms with E-state index in [2.05, 4.69) is 11.4 Å². The molecule has 0 heterocycles. The molecule has 0 bridgehead atoms. The Labute approximate surface area is 114 Å². The van der Waals surface area contributed by atoms with Gasteiger partial charge in [0, 0.05) is 11.1 Å². The predicted molar refractivity (Wildman–Crippen MR) is 69.1 cm³/mol. The minimum atomic E-state index is -2.48. The van der Waals surface area contributed by atoms with Gasteiger partial charge in [-0.1, -0.05) is 41.6 Å². The van der Waals surface area contributed by atoms with Gasteiger partial charge in [-0.15, -0.1) is 0 Å². The smallest absolute Gasteiger partial charge is 0.263 e. The third kappa shape index (κ3) is 4.12. The van der Waals surface area contributed by atoms with E-state index < -0.39 is 6.43 Å². The van der Waals surface area contributed by atoms with Crippen molar-refractivity contribution in [3.8, 4) is 0 Å². The molecule has 0 unspecified atom stereocenters. The standard InChI is InChI=1S/C15H11F3NO/c16-14-3-1-2-12(8-14)9-19-20-10-11-4-6-13(7-5-11)15(17)18/h1-8,15H,10H2. The van der Waals surface area contributed by atoms with Crippen molar-refractivity contribution < 1.29 is 18.0 Å². The van der Waals surface area contributed by atoms with Gasteiger partial charge in [0.1, 0.15) is 18.6 Å². The Balaban J connectivity index is 1.86. The van der Waals surface area contributed by atoms with Crippen molar-refractivity contribution in [1.29, 1.82) is 0 Å². The van der Waals surface area contributed by atoms with Crippen molar-refractivity contribution >= 4 is 6.21 Å². The van der Waals surface area contributed by atoms with Crippen LogP contribution in [0.5, 0.6) is 0 Å². The van der Waals surface area contributed by atoms with Gasteiger partial charge >= 0.3 is 0 Å². The van der Waals surface area contributed by atoms with Crippen LogP contribution in [0.3, 0.4) is 0 Å². The van der Waals surface area contributed by atoms with Gasteiger partial charge in [0.2, 0.25) is 0 Å². The third-order valence-corrected chi connectivity index (χ3v) is 2.53. The van der Waals surface area contributed by atoms with E-state index in [1.165, 1.54) is 30.3 Å². The van der Waals surface area contributed by atoms with Gasteiger partial charge in [-0.05, 0) is 17.7 Å². The first kappa shape index (κ1) is 14.1. The molecule has 0 spiro atoms. The molecule has 0 aliphatic rings. The summed E-state index contributed by atoms with van der Waals surface area (Å²) < 4.78 is 37.5. The maximum absolute atomic E-state index is 12.9. The van der Waals surface area contributed by atoms with Gasteiger partial charge in [0.25, 0.3) is 6.43 Å². The van der Waals surface area contributed by atoms with E-state index in [1.807, 2.05) is 0 Å². The molecule has 0 amide bonds. The number of rotatable bonds is 5. The summed E-state index contributed by atoms with van der Waals surface area (Å²) >= 11 is 0. The molecule has 1 radical (unpaired) electrons. The molecular weight excluding hydrogens is 267 g/mol. The van der Waals surface area contributed by atoms with Crippen molar-refractivity contribution in [3.05, 3.63) is 71.0 Å². The fourth-order valence-corrected chi connectivity index (χ4v) is 1.51. The van der Waals surface area contributed by atoms with Gasteiger partial charge in [0.15, 0.2) is 0 Å². The lowest BCUT2D eigenvalue weighted by molar-refractivity contribution is 0.131. The summed E-state index contributed by atoms with van der Waals surface area (Å²) in [6.45, 7) is 0.131. The minimum absolute atomic E-state index is 0.0384. The van der Waals surface area contributed by atoms with E-state index in [-0.39, 0.29) is 18.0 Å². The number of halogens is 3. The maximum atomic E-state index is 12.9. The molecule has 0 fully saturated rings. The molecule has 0 saturated heterocycles. The number of hydrogen-bond donors (Lipinski definition) is 0. The summed E-state index contributed by atoms with van der Waals surface area (Å²) in [4.78, 5) is 4.97. The van der Waals surface area contributed by atoms with Crippen molar-refractivity contribution in [2.75, 3.05) is 0 Å². The quantitative estimate of drug-likeness (QED) is 0.593. The van der Waals surface area contributed by atoms with E-state index in [1.54, 1.807) is 18.2 Å². The number of nitrogens with zero attached hydrogens (tertiary/aromatic N) is 1. The minimum Gasteiger partial charge on any atom is -0.390 e. The maximum Gasteiger partial charge on any atom is 0.263 e. The Morgan fingerprint density at radius 2 is 1.85 bits per heavy atom. The summed E-state index contributed by atoms with van der Waals surface area (Å²) in [6.07, 6.45) is 0.0460. The molecule has 2 aromatic rings. The van der Waals surface area contributed by atoms with Crippen LogP contribution in [0.1, 0.15) is 23.1 Å². The lowest BCUT2D eigenvalue weighted by atomic mass is 10.1. The van der Waals surface area contributed by atoms with Crippen LogP contribution >= 0.6 is 0 Å². The summed E-state index contributed by atoms with van der Waals surface area (Å²) in [7, 11) is 0. The number of benzene rings is 2. The van der Waals surface area contributed by atoms with Gasteiger partial charge < -0.3 is 4.84 Å². The first-order valence-corrected chi connectivity index (χ1v) is 5.86. The fraction of sp³-hybridized carbons (Fsp3) is 0.133. The van der Waals surface area contributed by atoms with E-state index in [9.17, 15) is 13.2 Å². The van der Waals surface area contributed by atoms with Crippen molar-refractivity contribution in [2.45, 2.75) is 13.0 Å². The molecule has 2 rings (SSSR count). The fourth-order valence-electron chi connectivity index (χ4n) is 1.51. The van der Waals surface area contributed by atoms with Crippen molar-refractivity contribution in [2.24, 2.45) is 5.16 Å². The zero-order valence-corrected chi connectivity index (χ0v) is 10.4. The molecule has 2 nitrogen and oxygen atoms in total. The van der Waals surface area contributed by atoms with E-state index in [0.717, 1.165) is 0 Å². The molecule has 103 valence electrons. The van der Waals surface area contributed by atoms with Gasteiger partial charge in [-0.2, -0.15) is 0 Å². The van der Waals surface area contributed by atoms with Crippen LogP contribution in [0, 0.1) is 5.82 Å². The van der Waals surface area contributed by atoms with E-state index in [4.69, 9.17) is 4.84 Å². The lowest BCUT2D eigenvalue weighted by Gasteiger charge is -2.02. The van der Waals surface area contributed by atoms with Crippen LogP contribution in [0.2, 0.25) is 0 Å². The van der Waals surface area contributed by atoms with Crippen LogP contribution in [-0.4, -0.2) is 6.21 Å². The Morgan fingerprint density at radius 3 is 2.50 bits per heavy atom. The highest BCUT2D eigenvalue weighted by atomic mass is 19.3. The van der Waals surface area contributed by atoms with Gasteiger partial charge in [-0.3, -0.25) is 0 Å². The number of alkyl halides is 2. The first-order chi connectivity index (χ1) is 9.65. The number of hydrogen-bond acceptors (Lipinski definition) is 2. The molecule has 0 saturated carbocycles. The normalized spacial score (nSPS) is 11.2. The highest BCUT2D eigenvalue weighted by molar-refractivity contribution is 5.78. The molecule has 5 heteroatoms. The Bertz CT molecular complexity index is 582. The summed E-state index contributed by atoms with van der Waals surface area (Å²) in [5.41, 5.74) is 1.13. The third-order valence-electron chi connectivity index (χ3n) is 2.53. The van der Waals surface area contributed by atoms with Crippen LogP contribution < -0.4 is 0 Å². The van der Waals surface area contributed by atoms with Crippen LogP contribution in [0.15, 0.2) is 53.7 Å². The second-order valence-corrected chi connectivity index (χ2v) is 4.03. The molecule has 0 atom stereocenters. The molecule has 0 aromatic heterocycles. The summed E-state index contributed by atoms with van der Waals surface area (Å²) in [5, 5.41) is 3.57. The van der Waals surface area contributed by atoms with Crippen molar-refractivity contribution in [3.63, 3.8) is 0 Å². The molecular formula is C15H11F3NO.